The molecule has 0 amide bonds. The van der Waals surface area contributed by atoms with Gasteiger partial charge >= 0.3 is 6.72 Å². The van der Waals surface area contributed by atoms with Crippen molar-refractivity contribution in [1.82, 2.24) is 4.90 Å². The van der Waals surface area contributed by atoms with E-state index in [0.717, 1.165) is 28.7 Å². The highest BCUT2D eigenvalue weighted by molar-refractivity contribution is 8.56. The van der Waals surface area contributed by atoms with Gasteiger partial charge in [-0.2, -0.15) is 4.76 Å². The zero-order chi connectivity index (χ0) is 11.9. The second kappa shape index (κ2) is 7.60. The van der Waals surface area contributed by atoms with Crippen LogP contribution in [0.15, 0.2) is 4.76 Å². The maximum absolute atomic E-state index is 11.9. The van der Waals surface area contributed by atoms with Gasteiger partial charge in [0, 0.05) is 27.0 Å². The van der Waals surface area contributed by atoms with E-state index in [9.17, 15) is 4.57 Å². The van der Waals surface area contributed by atoms with Crippen LogP contribution in [0, 0.1) is 0 Å². The van der Waals surface area contributed by atoms with Crippen molar-refractivity contribution in [2.45, 2.75) is 13.3 Å². The average molecular weight is 270 g/mol. The molecule has 90 valence electrons. The van der Waals surface area contributed by atoms with Crippen LogP contribution in [0.25, 0.3) is 0 Å². The third-order valence-corrected chi connectivity index (χ3v) is 6.38. The molecule has 1 unspecified atom stereocenters. The average Bonchev–Trinajstić information content (AvgIpc) is 2.23. The normalized spacial score (nSPS) is 16.2. The molecule has 0 saturated carbocycles. The Balaban J connectivity index is 4.73. The number of rotatable bonds is 5. The molecule has 1 atom stereocenters. The van der Waals surface area contributed by atoms with Gasteiger partial charge in [-0.15, -0.1) is 0 Å². The Morgan fingerprint density at radius 1 is 1.53 bits per heavy atom. The molecule has 0 aliphatic carbocycles. The molecule has 0 fully saturated rings. The second-order valence-corrected chi connectivity index (χ2v) is 8.37. The monoisotopic (exact) mass is 270 g/mol. The molecule has 0 aliphatic rings. The lowest BCUT2D eigenvalue weighted by Crippen LogP contribution is -2.19. The summed E-state index contributed by atoms with van der Waals surface area (Å²) in [5.74, 6) is 0.967. The lowest BCUT2D eigenvalue weighted by Gasteiger charge is -2.17. The molecule has 0 aliphatic heterocycles. The van der Waals surface area contributed by atoms with Gasteiger partial charge in [0.05, 0.1) is 0 Å². The summed E-state index contributed by atoms with van der Waals surface area (Å²) in [4.78, 5) is 1.86. The van der Waals surface area contributed by atoms with E-state index in [-0.39, 0.29) is 0 Å². The van der Waals surface area contributed by atoms with Crippen LogP contribution in [0.4, 0.5) is 0 Å². The van der Waals surface area contributed by atoms with Gasteiger partial charge in [0.25, 0.3) is 0 Å². The first-order valence-corrected chi connectivity index (χ1v) is 9.00. The minimum Gasteiger partial charge on any atom is -0.357 e. The summed E-state index contributed by atoms with van der Waals surface area (Å²) in [6, 6.07) is 0. The molecule has 0 bridgehead atoms. The molecule has 0 rings (SSSR count). The lowest BCUT2D eigenvalue weighted by molar-refractivity contribution is 0.410. The highest BCUT2D eigenvalue weighted by atomic mass is 32.7. The Bertz CT molecular complexity index is 251. The van der Waals surface area contributed by atoms with Crippen LogP contribution in [0.5, 0.6) is 0 Å². The first-order valence-electron chi connectivity index (χ1n) is 4.61. The fourth-order valence-corrected chi connectivity index (χ4v) is 3.68. The molecule has 0 aromatic heterocycles. The van der Waals surface area contributed by atoms with Crippen molar-refractivity contribution in [3.63, 3.8) is 0 Å². The van der Waals surface area contributed by atoms with E-state index in [1.54, 1.807) is 18.0 Å². The SMILES string of the molecule is CCCS/C(=N\P(=O)(OC)SC)N(C)C. The Labute approximate surface area is 100 Å². The van der Waals surface area contributed by atoms with Gasteiger partial charge in [-0.1, -0.05) is 18.7 Å². The van der Waals surface area contributed by atoms with E-state index < -0.39 is 6.72 Å². The lowest BCUT2D eigenvalue weighted by atomic mass is 10.6. The van der Waals surface area contributed by atoms with Crippen LogP contribution in [0.1, 0.15) is 13.3 Å². The summed E-state index contributed by atoms with van der Waals surface area (Å²) >= 11 is 2.75. The van der Waals surface area contributed by atoms with Crippen molar-refractivity contribution in [2.24, 2.45) is 4.76 Å². The summed E-state index contributed by atoms with van der Waals surface area (Å²) in [5.41, 5.74) is 0. The Kier molecular flexibility index (Phi) is 7.79. The van der Waals surface area contributed by atoms with Gasteiger partial charge in [0.15, 0.2) is 5.17 Å². The summed E-state index contributed by atoms with van der Waals surface area (Å²) in [5, 5.41) is 0.761. The molecule has 0 aromatic carbocycles. The predicted molar refractivity (Wildman–Crippen MR) is 72.0 cm³/mol. The number of hydrogen-bond donors (Lipinski definition) is 0. The maximum Gasteiger partial charge on any atom is 0.373 e. The second-order valence-electron chi connectivity index (χ2n) is 2.96. The molecule has 0 N–H and O–H groups in total. The topological polar surface area (TPSA) is 41.9 Å². The largest absolute Gasteiger partial charge is 0.373 e. The van der Waals surface area contributed by atoms with Gasteiger partial charge in [0.1, 0.15) is 0 Å². The van der Waals surface area contributed by atoms with Crippen molar-refractivity contribution in [3.8, 4) is 0 Å². The molecule has 7 heteroatoms. The molecule has 0 saturated heterocycles. The molecule has 0 aromatic rings. The highest BCUT2D eigenvalue weighted by Gasteiger charge is 2.20. The van der Waals surface area contributed by atoms with Crippen molar-refractivity contribution in [2.75, 3.05) is 33.2 Å². The summed E-state index contributed by atoms with van der Waals surface area (Å²) in [6.45, 7) is -0.787. The minimum atomic E-state index is -2.89. The molecule has 15 heavy (non-hydrogen) atoms. The van der Waals surface area contributed by atoms with Crippen LogP contribution in [-0.4, -0.2) is 43.3 Å². The third-order valence-electron chi connectivity index (χ3n) is 1.49. The summed E-state index contributed by atoms with van der Waals surface area (Å²) in [6.07, 6.45) is 2.81. The summed E-state index contributed by atoms with van der Waals surface area (Å²) in [7, 11) is 5.21. The summed E-state index contributed by atoms with van der Waals surface area (Å²) < 4.78 is 21.1. The fourth-order valence-electron chi connectivity index (χ4n) is 0.702. The maximum atomic E-state index is 11.9. The quantitative estimate of drug-likeness (QED) is 0.436. The van der Waals surface area contributed by atoms with Crippen molar-refractivity contribution in [3.05, 3.63) is 0 Å². The van der Waals surface area contributed by atoms with Gasteiger partial charge in [-0.05, 0) is 24.1 Å². The van der Waals surface area contributed by atoms with Gasteiger partial charge in [0.2, 0.25) is 0 Å². The van der Waals surface area contributed by atoms with E-state index in [1.807, 2.05) is 19.0 Å². The Morgan fingerprint density at radius 2 is 2.13 bits per heavy atom. The predicted octanol–water partition coefficient (Wildman–Crippen LogP) is 3.16. The van der Waals surface area contributed by atoms with Crippen LogP contribution in [-0.2, 0) is 9.09 Å². The van der Waals surface area contributed by atoms with E-state index in [0.29, 0.717) is 0 Å². The van der Waals surface area contributed by atoms with E-state index in [1.165, 1.54) is 7.11 Å². The number of nitrogens with zero attached hydrogens (tertiary/aromatic N) is 2. The van der Waals surface area contributed by atoms with E-state index in [2.05, 4.69) is 11.7 Å². The smallest absolute Gasteiger partial charge is 0.357 e. The minimum absolute atomic E-state index is 0.761. The van der Waals surface area contributed by atoms with Gasteiger partial charge in [-0.25, -0.2) is 0 Å². The van der Waals surface area contributed by atoms with Crippen molar-refractivity contribution in [1.29, 1.82) is 0 Å². The van der Waals surface area contributed by atoms with Crippen molar-refractivity contribution >= 4 is 35.0 Å². The number of hydrogen-bond acceptors (Lipinski definition) is 4. The van der Waals surface area contributed by atoms with Crippen LogP contribution in [0.2, 0.25) is 0 Å². The molecule has 0 radical (unpaired) electrons. The Morgan fingerprint density at radius 3 is 2.47 bits per heavy atom. The van der Waals surface area contributed by atoms with E-state index in [4.69, 9.17) is 4.52 Å². The highest BCUT2D eigenvalue weighted by Crippen LogP contribution is 2.59. The van der Waals surface area contributed by atoms with Crippen molar-refractivity contribution < 1.29 is 9.09 Å². The van der Waals surface area contributed by atoms with Crippen LogP contribution in [0.3, 0.4) is 0 Å². The molecule has 0 heterocycles. The van der Waals surface area contributed by atoms with Gasteiger partial charge < -0.3 is 9.42 Å². The fraction of sp³-hybridized carbons (Fsp3) is 0.875. The third kappa shape index (κ3) is 5.85. The van der Waals surface area contributed by atoms with Gasteiger partial charge in [-0.3, -0.25) is 4.57 Å². The molecular weight excluding hydrogens is 251 g/mol. The number of amidine groups is 1. The Hall–Kier alpha value is 0.360. The van der Waals surface area contributed by atoms with Crippen LogP contribution < -0.4 is 0 Å². The molecule has 0 spiro atoms. The zero-order valence-electron chi connectivity index (χ0n) is 9.89. The zero-order valence-corrected chi connectivity index (χ0v) is 12.4. The molecular formula is C8H19N2O2PS2. The standard InChI is InChI=1S/C8H19N2O2PS2/c1-6-7-15-8(10(2)3)9-13(11,12-4)14-5/h6-7H2,1-5H3/b9-8-. The van der Waals surface area contributed by atoms with E-state index >= 15 is 0 Å². The first kappa shape index (κ1) is 15.4. The molecule has 4 nitrogen and oxygen atoms in total. The first-order chi connectivity index (χ1) is 6.99. The number of thioether (sulfide) groups is 1. The van der Waals surface area contributed by atoms with Crippen LogP contribution >= 0.6 is 29.9 Å².